The van der Waals surface area contributed by atoms with Gasteiger partial charge in [-0.15, -0.1) is 0 Å². The van der Waals surface area contributed by atoms with E-state index in [1.54, 1.807) is 5.57 Å². The van der Waals surface area contributed by atoms with Crippen LogP contribution < -0.4 is 0 Å². The van der Waals surface area contributed by atoms with Gasteiger partial charge in [0.15, 0.2) is 5.78 Å². The normalized spacial score (nSPS) is 23.0. The number of aliphatic imine (C=N–C) groups is 1. The summed E-state index contributed by atoms with van der Waals surface area (Å²) in [5.74, 6) is -0.339. The zero-order valence-corrected chi connectivity index (χ0v) is 26.0. The molecule has 0 spiro atoms. The Labute approximate surface area is 258 Å². The first-order chi connectivity index (χ1) is 21.1. The molecule has 2 aliphatic heterocycles. The number of carbonyl (C=O) groups excluding carboxylic acids is 1. The van der Waals surface area contributed by atoms with Crippen molar-refractivity contribution in [2.45, 2.75) is 90.6 Å². The quantitative estimate of drug-likeness (QED) is 0.183. The zero-order chi connectivity index (χ0) is 30.0. The third kappa shape index (κ3) is 8.31. The number of carbonyl (C=O) groups is 1. The Morgan fingerprint density at radius 2 is 1.86 bits per heavy atom. The number of fused-ring (bicyclic) bond motifs is 1. The van der Waals surface area contributed by atoms with Gasteiger partial charge in [-0.1, -0.05) is 86.9 Å². The van der Waals surface area contributed by atoms with E-state index in [0.717, 1.165) is 57.2 Å². The molecule has 2 aliphatic carbocycles. The van der Waals surface area contributed by atoms with Crippen molar-refractivity contribution in [3.8, 4) is 0 Å². The number of rotatable bonds is 12. The number of allylic oxidation sites excluding steroid dienone is 9. The van der Waals surface area contributed by atoms with Gasteiger partial charge in [-0.05, 0) is 97.8 Å². The van der Waals surface area contributed by atoms with E-state index in [-0.39, 0.29) is 11.7 Å². The molecule has 4 heteroatoms. The third-order valence-corrected chi connectivity index (χ3v) is 8.85. The highest BCUT2D eigenvalue weighted by molar-refractivity contribution is 5.99. The minimum atomic E-state index is -0.925. The number of benzene rings is 1. The third-order valence-electron chi connectivity index (χ3n) is 8.85. The Balaban J connectivity index is 1.23. The summed E-state index contributed by atoms with van der Waals surface area (Å²) < 4.78 is 13.5. The van der Waals surface area contributed by atoms with Gasteiger partial charge in [0, 0.05) is 36.8 Å². The van der Waals surface area contributed by atoms with Crippen LogP contribution in [0.3, 0.4) is 0 Å². The SMILES string of the molecule is CCCC(=CCC/C=C/c1ccc(C2=CCC3=CN=CC=C(N4CC/C=C(\C(=O)[C@@H]5C[C@H]5F)CCC4)C3=C2)cc1)CCC. The predicted octanol–water partition coefficient (Wildman–Crippen LogP) is 9.91. The van der Waals surface area contributed by atoms with Gasteiger partial charge in [0.1, 0.15) is 6.17 Å². The van der Waals surface area contributed by atoms with Gasteiger partial charge in [0.05, 0.1) is 5.92 Å². The smallest absolute Gasteiger partial charge is 0.164 e. The van der Waals surface area contributed by atoms with Crippen LogP contribution in [0.4, 0.5) is 4.39 Å². The first kappa shape index (κ1) is 30.9. The van der Waals surface area contributed by atoms with Crippen molar-refractivity contribution in [1.29, 1.82) is 0 Å². The minimum absolute atomic E-state index is 0.0406. The maximum Gasteiger partial charge on any atom is 0.164 e. The number of unbranched alkanes of at least 4 members (excludes halogenated alkanes) is 1. The number of Topliss-reactive ketones (excluding diaryl/α,β-unsaturated/α-hetero) is 1. The molecule has 226 valence electrons. The lowest BCUT2D eigenvalue weighted by Gasteiger charge is -2.31. The van der Waals surface area contributed by atoms with Crippen LogP contribution in [-0.2, 0) is 4.79 Å². The van der Waals surface area contributed by atoms with Crippen LogP contribution in [0.25, 0.3) is 11.6 Å². The van der Waals surface area contributed by atoms with E-state index in [0.29, 0.717) is 6.42 Å². The Kier molecular flexibility index (Phi) is 11.0. The van der Waals surface area contributed by atoms with Crippen LogP contribution in [-0.4, -0.2) is 36.2 Å². The summed E-state index contributed by atoms with van der Waals surface area (Å²) in [6.07, 6.45) is 29.5. The van der Waals surface area contributed by atoms with E-state index >= 15 is 0 Å². The number of hydrogen-bond acceptors (Lipinski definition) is 3. The van der Waals surface area contributed by atoms with Crippen LogP contribution in [0.5, 0.6) is 0 Å². The van der Waals surface area contributed by atoms with Crippen LogP contribution >= 0.6 is 0 Å². The summed E-state index contributed by atoms with van der Waals surface area (Å²) in [6.45, 7) is 6.23. The fourth-order valence-electron chi connectivity index (χ4n) is 6.38. The molecular weight excluding hydrogens is 531 g/mol. The van der Waals surface area contributed by atoms with Crippen molar-refractivity contribution in [3.63, 3.8) is 0 Å². The maximum absolute atomic E-state index is 13.5. The van der Waals surface area contributed by atoms with Crippen molar-refractivity contribution in [2.24, 2.45) is 10.9 Å². The van der Waals surface area contributed by atoms with Gasteiger partial charge in [-0.3, -0.25) is 9.79 Å². The summed E-state index contributed by atoms with van der Waals surface area (Å²) in [5, 5.41) is 0. The summed E-state index contributed by atoms with van der Waals surface area (Å²) in [4.78, 5) is 19.6. The molecule has 1 saturated carbocycles. The minimum Gasteiger partial charge on any atom is -0.371 e. The van der Waals surface area contributed by atoms with Gasteiger partial charge < -0.3 is 4.90 Å². The van der Waals surface area contributed by atoms with E-state index in [9.17, 15) is 9.18 Å². The summed E-state index contributed by atoms with van der Waals surface area (Å²) in [6, 6.07) is 8.90. The Hall–Kier alpha value is -3.53. The van der Waals surface area contributed by atoms with Crippen LogP contribution in [0.15, 0.2) is 99.9 Å². The molecule has 0 bridgehead atoms. The van der Waals surface area contributed by atoms with E-state index < -0.39 is 6.17 Å². The van der Waals surface area contributed by atoms with Crippen molar-refractivity contribution < 1.29 is 9.18 Å². The van der Waals surface area contributed by atoms with Gasteiger partial charge in [0.2, 0.25) is 0 Å². The molecule has 1 fully saturated rings. The average molecular weight is 579 g/mol. The summed E-state index contributed by atoms with van der Waals surface area (Å²) in [5.41, 5.74) is 9.82. The highest BCUT2D eigenvalue weighted by Gasteiger charge is 2.44. The Morgan fingerprint density at radius 3 is 2.60 bits per heavy atom. The molecule has 0 amide bonds. The second kappa shape index (κ2) is 15.3. The van der Waals surface area contributed by atoms with Crippen molar-refractivity contribution in [2.75, 3.05) is 13.1 Å². The zero-order valence-electron chi connectivity index (χ0n) is 26.0. The molecule has 1 aromatic carbocycles. The first-order valence-corrected chi connectivity index (χ1v) is 16.5. The maximum atomic E-state index is 13.5. The van der Waals surface area contributed by atoms with Gasteiger partial charge >= 0.3 is 0 Å². The van der Waals surface area contributed by atoms with Crippen LogP contribution in [0.1, 0.15) is 95.6 Å². The molecule has 3 nitrogen and oxygen atoms in total. The monoisotopic (exact) mass is 578 g/mol. The molecule has 0 unspecified atom stereocenters. The lowest BCUT2D eigenvalue weighted by atomic mass is 9.88. The Morgan fingerprint density at radius 1 is 1.07 bits per heavy atom. The lowest BCUT2D eigenvalue weighted by Crippen LogP contribution is -2.29. The van der Waals surface area contributed by atoms with Gasteiger partial charge in [0.25, 0.3) is 0 Å². The highest BCUT2D eigenvalue weighted by atomic mass is 19.1. The Bertz CT molecular complexity index is 1390. The number of nitrogens with zero attached hydrogens (tertiary/aromatic N) is 2. The predicted molar refractivity (Wildman–Crippen MR) is 179 cm³/mol. The number of hydrogen-bond donors (Lipinski definition) is 0. The van der Waals surface area contributed by atoms with E-state index in [1.807, 2.05) is 12.4 Å². The molecule has 0 aromatic heterocycles. The molecule has 2 atom stereocenters. The molecule has 4 aliphatic rings. The number of ketones is 1. The molecular formula is C39H47FN2O. The fraction of sp³-hybridized carbons (Fsp3) is 0.436. The van der Waals surface area contributed by atoms with E-state index in [2.05, 4.69) is 90.5 Å². The van der Waals surface area contributed by atoms with Crippen molar-refractivity contribution >= 4 is 23.6 Å². The van der Waals surface area contributed by atoms with Crippen molar-refractivity contribution in [3.05, 3.63) is 106 Å². The average Bonchev–Trinajstić information content (AvgIpc) is 3.78. The van der Waals surface area contributed by atoms with Gasteiger partial charge in [-0.2, -0.15) is 0 Å². The topological polar surface area (TPSA) is 32.7 Å². The summed E-state index contributed by atoms with van der Waals surface area (Å²) >= 11 is 0. The second-order valence-corrected chi connectivity index (χ2v) is 12.2. The molecule has 0 radical (unpaired) electrons. The lowest BCUT2D eigenvalue weighted by molar-refractivity contribution is -0.117. The molecule has 2 heterocycles. The van der Waals surface area contributed by atoms with Gasteiger partial charge in [-0.25, -0.2) is 4.39 Å². The van der Waals surface area contributed by atoms with Crippen LogP contribution in [0.2, 0.25) is 0 Å². The summed E-state index contributed by atoms with van der Waals surface area (Å²) in [7, 11) is 0. The molecule has 43 heavy (non-hydrogen) atoms. The highest BCUT2D eigenvalue weighted by Crippen LogP contribution is 2.39. The van der Waals surface area contributed by atoms with E-state index in [1.165, 1.54) is 59.2 Å². The molecule has 0 saturated heterocycles. The molecule has 0 N–H and O–H groups in total. The van der Waals surface area contributed by atoms with Crippen molar-refractivity contribution in [1.82, 2.24) is 4.90 Å². The molecule has 5 rings (SSSR count). The number of halogens is 1. The standard InChI is InChI=1S/C39H47FN2O/c1-3-10-29(11-4-2)12-6-5-7-13-30-16-18-31(19-17-30)33-20-21-34-28-41-23-22-38(35(34)26-33)42-24-8-14-32(15-9-25-42)39(43)36-27-37(36)40/h7,12-14,16-20,22-23,26,28,36-37H,3-6,8-11,15,21,24-25,27H2,1-2H3/b13-7+,32-14-/t36-,37-/m1/s1. The largest absolute Gasteiger partial charge is 0.371 e. The van der Waals surface area contributed by atoms with Crippen LogP contribution in [0, 0.1) is 5.92 Å². The number of alkyl halides is 1. The first-order valence-electron chi connectivity index (χ1n) is 16.5. The second-order valence-electron chi connectivity index (χ2n) is 12.2. The molecule has 1 aromatic rings. The fourth-order valence-corrected chi connectivity index (χ4v) is 6.38. The van der Waals surface area contributed by atoms with E-state index in [4.69, 9.17) is 0 Å².